The van der Waals surface area contributed by atoms with Gasteiger partial charge in [-0.3, -0.25) is 4.79 Å². The molecule has 2 aromatic rings. The number of carbonyl (C=O) groups excluding carboxylic acids is 2. The Morgan fingerprint density at radius 3 is 2.30 bits per heavy atom. The van der Waals surface area contributed by atoms with Crippen molar-refractivity contribution in [3.05, 3.63) is 60.2 Å². The highest BCUT2D eigenvalue weighted by Gasteiger charge is 2.30. The summed E-state index contributed by atoms with van der Waals surface area (Å²) in [6.07, 6.45) is 1.01. The first-order chi connectivity index (χ1) is 14.2. The Kier molecular flexibility index (Phi) is 6.80. The minimum atomic E-state index is -0.488. The van der Waals surface area contributed by atoms with Crippen molar-refractivity contribution in [1.29, 1.82) is 0 Å². The topological polar surface area (TPSA) is 49.9 Å². The standard InChI is InChI=1S/C25H32N2O3/c1-25(2,3)30-24(29)27-15-14-20(18-27)17-26(4)23(28)16-19-10-12-22(13-11-19)21-8-6-5-7-9-21/h5-13,20H,14-18H2,1-4H3. The number of ether oxygens (including phenoxy) is 1. The fraction of sp³-hybridized carbons (Fsp3) is 0.440. The molecule has 1 atom stereocenters. The van der Waals surface area contributed by atoms with E-state index in [1.165, 1.54) is 5.56 Å². The molecule has 1 aliphatic heterocycles. The van der Waals surface area contributed by atoms with Crippen LogP contribution in [0.1, 0.15) is 32.8 Å². The third-order valence-corrected chi connectivity index (χ3v) is 5.31. The Balaban J connectivity index is 1.49. The lowest BCUT2D eigenvalue weighted by Gasteiger charge is -2.25. The molecule has 0 bridgehead atoms. The van der Waals surface area contributed by atoms with Crippen molar-refractivity contribution in [3.63, 3.8) is 0 Å². The molecule has 160 valence electrons. The first kappa shape index (κ1) is 21.9. The average molecular weight is 409 g/mol. The maximum Gasteiger partial charge on any atom is 0.410 e. The van der Waals surface area contributed by atoms with Crippen LogP contribution in [0, 0.1) is 5.92 Å². The van der Waals surface area contributed by atoms with Crippen LogP contribution < -0.4 is 0 Å². The van der Waals surface area contributed by atoms with E-state index in [4.69, 9.17) is 4.74 Å². The molecule has 3 rings (SSSR count). The van der Waals surface area contributed by atoms with E-state index in [9.17, 15) is 9.59 Å². The molecule has 1 unspecified atom stereocenters. The average Bonchev–Trinajstić information content (AvgIpc) is 3.16. The molecule has 5 nitrogen and oxygen atoms in total. The van der Waals surface area contributed by atoms with Crippen molar-refractivity contribution >= 4 is 12.0 Å². The van der Waals surface area contributed by atoms with Gasteiger partial charge in [0.25, 0.3) is 0 Å². The van der Waals surface area contributed by atoms with E-state index in [1.807, 2.05) is 58.2 Å². The smallest absolute Gasteiger partial charge is 0.410 e. The van der Waals surface area contributed by atoms with Gasteiger partial charge >= 0.3 is 6.09 Å². The zero-order chi connectivity index (χ0) is 21.7. The van der Waals surface area contributed by atoms with Gasteiger partial charge in [-0.1, -0.05) is 54.6 Å². The van der Waals surface area contributed by atoms with E-state index in [0.29, 0.717) is 26.1 Å². The molecular formula is C25H32N2O3. The first-order valence-corrected chi connectivity index (χ1v) is 10.6. The van der Waals surface area contributed by atoms with Gasteiger partial charge in [-0.2, -0.15) is 0 Å². The van der Waals surface area contributed by atoms with E-state index in [-0.39, 0.29) is 17.9 Å². The van der Waals surface area contributed by atoms with Crippen LogP contribution in [0.15, 0.2) is 54.6 Å². The van der Waals surface area contributed by atoms with Crippen LogP contribution >= 0.6 is 0 Å². The second kappa shape index (κ2) is 9.33. The summed E-state index contributed by atoms with van der Waals surface area (Å²) in [5.41, 5.74) is 2.84. The summed E-state index contributed by atoms with van der Waals surface area (Å²) >= 11 is 0. The summed E-state index contributed by atoms with van der Waals surface area (Å²) in [6, 6.07) is 18.4. The molecule has 1 aliphatic rings. The quantitative estimate of drug-likeness (QED) is 0.726. The largest absolute Gasteiger partial charge is 0.444 e. The molecule has 2 aromatic carbocycles. The normalized spacial score (nSPS) is 16.4. The van der Waals surface area contributed by atoms with E-state index >= 15 is 0 Å². The SMILES string of the molecule is CN(CC1CCN(C(=O)OC(C)(C)C)C1)C(=O)Cc1ccc(-c2ccccc2)cc1. The summed E-state index contributed by atoms with van der Waals surface area (Å²) in [6.45, 7) is 7.59. The third-order valence-electron chi connectivity index (χ3n) is 5.31. The van der Waals surface area contributed by atoms with Gasteiger partial charge in [0.15, 0.2) is 0 Å². The maximum atomic E-state index is 12.7. The van der Waals surface area contributed by atoms with E-state index in [2.05, 4.69) is 24.3 Å². The van der Waals surface area contributed by atoms with Gasteiger partial charge < -0.3 is 14.5 Å². The Morgan fingerprint density at radius 2 is 1.67 bits per heavy atom. The Hall–Kier alpha value is -2.82. The lowest BCUT2D eigenvalue weighted by molar-refractivity contribution is -0.129. The molecule has 0 aliphatic carbocycles. The van der Waals surface area contributed by atoms with Crippen molar-refractivity contribution in [2.45, 2.75) is 39.2 Å². The lowest BCUT2D eigenvalue weighted by Crippen LogP contribution is -2.37. The van der Waals surface area contributed by atoms with Gasteiger partial charge in [-0.25, -0.2) is 4.79 Å². The van der Waals surface area contributed by atoms with Crippen molar-refractivity contribution < 1.29 is 14.3 Å². The molecule has 1 fully saturated rings. The lowest BCUT2D eigenvalue weighted by atomic mass is 10.0. The summed E-state index contributed by atoms with van der Waals surface area (Å²) < 4.78 is 5.45. The summed E-state index contributed by atoms with van der Waals surface area (Å²) in [4.78, 5) is 28.4. The van der Waals surface area contributed by atoms with Crippen molar-refractivity contribution in [3.8, 4) is 11.1 Å². The van der Waals surface area contributed by atoms with Crippen LogP contribution in [0.3, 0.4) is 0 Å². The molecule has 0 spiro atoms. The fourth-order valence-corrected chi connectivity index (χ4v) is 3.72. The number of likely N-dealkylation sites (N-methyl/N-ethyl adjacent to an activating group) is 1. The predicted octanol–water partition coefficient (Wildman–Crippen LogP) is 4.61. The van der Waals surface area contributed by atoms with Gasteiger partial charge in [0.05, 0.1) is 6.42 Å². The fourth-order valence-electron chi connectivity index (χ4n) is 3.72. The number of hydrogen-bond donors (Lipinski definition) is 0. The molecular weight excluding hydrogens is 376 g/mol. The number of amides is 2. The summed E-state index contributed by atoms with van der Waals surface area (Å²) in [5, 5.41) is 0. The molecule has 5 heteroatoms. The number of nitrogens with zero attached hydrogens (tertiary/aromatic N) is 2. The van der Waals surface area contributed by atoms with Gasteiger partial charge in [0, 0.05) is 26.7 Å². The Labute approximate surface area is 179 Å². The molecule has 0 N–H and O–H groups in total. The Morgan fingerprint density at radius 1 is 1.03 bits per heavy atom. The van der Waals surface area contributed by atoms with Gasteiger partial charge in [0.1, 0.15) is 5.60 Å². The van der Waals surface area contributed by atoms with E-state index in [0.717, 1.165) is 17.5 Å². The molecule has 1 heterocycles. The minimum Gasteiger partial charge on any atom is -0.444 e. The molecule has 0 radical (unpaired) electrons. The van der Waals surface area contributed by atoms with Crippen LogP contribution in [0.2, 0.25) is 0 Å². The van der Waals surface area contributed by atoms with Gasteiger partial charge in [-0.15, -0.1) is 0 Å². The number of rotatable bonds is 5. The highest BCUT2D eigenvalue weighted by atomic mass is 16.6. The molecule has 2 amide bonds. The van der Waals surface area contributed by atoms with Gasteiger partial charge in [-0.05, 0) is 49.8 Å². The summed E-state index contributed by atoms with van der Waals surface area (Å²) in [5.74, 6) is 0.380. The van der Waals surface area contributed by atoms with Gasteiger partial charge in [0.2, 0.25) is 5.91 Å². The van der Waals surface area contributed by atoms with Crippen LogP contribution in [-0.4, -0.2) is 54.1 Å². The highest BCUT2D eigenvalue weighted by molar-refractivity contribution is 5.79. The van der Waals surface area contributed by atoms with E-state index in [1.54, 1.807) is 9.80 Å². The Bertz CT molecular complexity index is 856. The number of benzene rings is 2. The van der Waals surface area contributed by atoms with Crippen LogP contribution in [0.5, 0.6) is 0 Å². The maximum absolute atomic E-state index is 12.7. The zero-order valence-corrected chi connectivity index (χ0v) is 18.4. The molecule has 0 aromatic heterocycles. The van der Waals surface area contributed by atoms with Crippen molar-refractivity contribution in [2.75, 3.05) is 26.7 Å². The molecule has 0 saturated carbocycles. The predicted molar refractivity (Wildman–Crippen MR) is 119 cm³/mol. The number of hydrogen-bond acceptors (Lipinski definition) is 3. The molecule has 30 heavy (non-hydrogen) atoms. The van der Waals surface area contributed by atoms with E-state index < -0.39 is 5.60 Å². The number of carbonyl (C=O) groups is 2. The van der Waals surface area contributed by atoms with Crippen molar-refractivity contribution in [2.24, 2.45) is 5.92 Å². The zero-order valence-electron chi connectivity index (χ0n) is 18.4. The third kappa shape index (κ3) is 6.09. The monoisotopic (exact) mass is 408 g/mol. The van der Waals surface area contributed by atoms with Crippen LogP contribution in [0.25, 0.3) is 11.1 Å². The number of likely N-dealkylation sites (tertiary alicyclic amines) is 1. The van der Waals surface area contributed by atoms with Crippen LogP contribution in [-0.2, 0) is 16.0 Å². The highest BCUT2D eigenvalue weighted by Crippen LogP contribution is 2.22. The minimum absolute atomic E-state index is 0.0955. The van der Waals surface area contributed by atoms with Crippen molar-refractivity contribution in [1.82, 2.24) is 9.80 Å². The summed E-state index contributed by atoms with van der Waals surface area (Å²) in [7, 11) is 1.84. The first-order valence-electron chi connectivity index (χ1n) is 10.6. The second-order valence-corrected chi connectivity index (χ2v) is 9.10. The molecule has 1 saturated heterocycles. The second-order valence-electron chi connectivity index (χ2n) is 9.10. The van der Waals surface area contributed by atoms with Crippen LogP contribution in [0.4, 0.5) is 4.79 Å².